The highest BCUT2D eigenvalue weighted by Gasteiger charge is 2.57. The summed E-state index contributed by atoms with van der Waals surface area (Å²) < 4.78 is 35.6. The molecular formula is C47H76O16. The second-order valence-electron chi connectivity index (χ2n) is 19.4. The molecule has 0 unspecified atom stereocenters. The summed E-state index contributed by atoms with van der Waals surface area (Å²) in [6.07, 6.45) is -11.4. The smallest absolute Gasteiger partial charge is 0.187 e. The number of carbonyl (C=O) groups excluding carboxylic acids is 1. The van der Waals surface area contributed by atoms with E-state index in [1.54, 1.807) is 19.9 Å². The van der Waals surface area contributed by atoms with Crippen molar-refractivity contribution < 1.29 is 79.2 Å². The van der Waals surface area contributed by atoms with E-state index < -0.39 is 116 Å². The first kappa shape index (κ1) is 52.0. The molecule has 5 aliphatic rings. The molecule has 0 aromatic rings. The number of hydrogen-bond acceptors (Lipinski definition) is 16. The summed E-state index contributed by atoms with van der Waals surface area (Å²) >= 11 is 0. The molecule has 22 atom stereocenters. The molecule has 3 saturated heterocycles. The molecule has 0 aromatic heterocycles. The molecule has 0 aromatic carbocycles. The standard InChI is InChI=1S/C47H76O16/c1-21(2)14-16-32(48)24(6)20-31-35(50)30-13-11-12-29(30)25(7)47(31,57)19-18-23(5)33(17-15-22(3)4)61-44-40(55)37(52)42(27(9)59-44)63-46-41(56)38(53)43(28(10)60-46)62-45-39(54)36(51)34(49)26(8)58-45/h14-15,18,20,25-34,36-46,48-49,51-57H,11-13,16-17,19H2,1-10H3/b23-18+,24-20+/t25-,26+,27+,28+,29-,30-,31-,32-,33+,34+,36-,37+,38+,39+,40+,41+,42+,43+,44-,45-,46-,47-/m1/s1. The molecule has 5 rings (SSSR count). The Morgan fingerprint density at radius 1 is 0.667 bits per heavy atom. The van der Waals surface area contributed by atoms with Gasteiger partial charge in [-0.05, 0) is 117 Å². The van der Waals surface area contributed by atoms with Crippen molar-refractivity contribution in [3.63, 3.8) is 0 Å². The van der Waals surface area contributed by atoms with Gasteiger partial charge in [-0.2, -0.15) is 0 Å². The SMILES string of the molecule is CC(C)=CC[C@@H](O)/C(C)=C/[C@@H]1C(=O)[C@@H]2CCC[C@@H]2[C@@H](C)[C@]1(O)C/C=C(\C)[C@H](CC=C(C)C)O[C@H]1O[C@@H](C)[C@H](O[C@H]2O[C@@H](C)[C@H](O[C@H]3O[C@@H](C)[C@H](O)[C@@H](O)[C@@H]3O)[C@@H](O)[C@@H]2O)[C@@H](O)[C@@H]1O. The fourth-order valence-electron chi connectivity index (χ4n) is 9.88. The number of ketones is 1. The quantitative estimate of drug-likeness (QED) is 0.107. The normalized spacial score (nSPS) is 44.7. The number of aliphatic hydroxyl groups is 9. The Labute approximate surface area is 372 Å². The molecule has 0 spiro atoms. The zero-order valence-corrected chi connectivity index (χ0v) is 38.6. The van der Waals surface area contributed by atoms with Crippen molar-refractivity contribution in [3.8, 4) is 0 Å². The fraction of sp³-hybridized carbons (Fsp3) is 0.809. The van der Waals surface area contributed by atoms with Crippen molar-refractivity contribution in [1.29, 1.82) is 0 Å². The first-order chi connectivity index (χ1) is 29.5. The average Bonchev–Trinajstić information content (AvgIpc) is 3.73. The van der Waals surface area contributed by atoms with Crippen molar-refractivity contribution in [2.45, 2.75) is 218 Å². The molecule has 9 N–H and O–H groups in total. The first-order valence-corrected chi connectivity index (χ1v) is 22.7. The first-order valence-electron chi connectivity index (χ1n) is 22.7. The minimum Gasteiger partial charge on any atom is -0.388 e. The third-order valence-electron chi connectivity index (χ3n) is 14.2. The third-order valence-corrected chi connectivity index (χ3v) is 14.2. The number of ether oxygens (including phenoxy) is 6. The van der Waals surface area contributed by atoms with Gasteiger partial charge in [-0.15, -0.1) is 0 Å². The molecule has 16 heteroatoms. The van der Waals surface area contributed by atoms with Crippen LogP contribution in [0, 0.1) is 23.7 Å². The summed E-state index contributed by atoms with van der Waals surface area (Å²) in [6, 6.07) is 0. The Hall–Kier alpha value is -1.97. The highest BCUT2D eigenvalue weighted by atomic mass is 16.8. The predicted octanol–water partition coefficient (Wildman–Crippen LogP) is 2.24. The number of fused-ring (bicyclic) bond motifs is 1. The molecule has 360 valence electrons. The molecule has 0 radical (unpaired) electrons. The van der Waals surface area contributed by atoms with E-state index in [0.29, 0.717) is 24.0 Å². The Morgan fingerprint density at radius 3 is 1.75 bits per heavy atom. The largest absolute Gasteiger partial charge is 0.388 e. The maximum atomic E-state index is 14.1. The lowest BCUT2D eigenvalue weighted by atomic mass is 9.58. The van der Waals surface area contributed by atoms with Crippen LogP contribution in [0.3, 0.4) is 0 Å². The van der Waals surface area contributed by atoms with Gasteiger partial charge in [-0.3, -0.25) is 4.79 Å². The minimum absolute atomic E-state index is 0.00260. The number of hydrogen-bond donors (Lipinski definition) is 9. The monoisotopic (exact) mass is 897 g/mol. The predicted molar refractivity (Wildman–Crippen MR) is 229 cm³/mol. The molecule has 2 saturated carbocycles. The topological polar surface area (TPSA) is 255 Å². The van der Waals surface area contributed by atoms with E-state index in [-0.39, 0.29) is 30.0 Å². The summed E-state index contributed by atoms with van der Waals surface area (Å²) in [5.74, 6) is -1.14. The molecule has 3 heterocycles. The van der Waals surface area contributed by atoms with E-state index in [0.717, 1.165) is 30.4 Å². The number of carbonyl (C=O) groups is 1. The summed E-state index contributed by atoms with van der Waals surface area (Å²) in [4.78, 5) is 14.1. The average molecular weight is 897 g/mol. The number of allylic oxidation sites excluding steroid dienone is 2. The number of rotatable bonds is 15. The molecule has 0 amide bonds. The third kappa shape index (κ3) is 11.6. The van der Waals surface area contributed by atoms with Crippen molar-refractivity contribution in [3.05, 3.63) is 46.6 Å². The van der Waals surface area contributed by atoms with Crippen LogP contribution in [0.4, 0.5) is 0 Å². The van der Waals surface area contributed by atoms with Gasteiger partial charge in [0.25, 0.3) is 0 Å². The summed E-state index contributed by atoms with van der Waals surface area (Å²) in [5.41, 5.74) is 1.98. The van der Waals surface area contributed by atoms with Gasteiger partial charge >= 0.3 is 0 Å². The van der Waals surface area contributed by atoms with E-state index in [9.17, 15) is 50.8 Å². The van der Waals surface area contributed by atoms with Crippen molar-refractivity contribution in [2.24, 2.45) is 23.7 Å². The Balaban J connectivity index is 1.29. The summed E-state index contributed by atoms with van der Waals surface area (Å²) in [5, 5.41) is 99.3. The summed E-state index contributed by atoms with van der Waals surface area (Å²) in [6.45, 7) is 18.0. The van der Waals surface area contributed by atoms with Gasteiger partial charge < -0.3 is 74.4 Å². The van der Waals surface area contributed by atoms with Crippen LogP contribution in [0.5, 0.6) is 0 Å². The highest BCUT2D eigenvalue weighted by molar-refractivity contribution is 5.88. The van der Waals surface area contributed by atoms with E-state index in [1.165, 1.54) is 13.8 Å². The van der Waals surface area contributed by atoms with Gasteiger partial charge in [0, 0.05) is 5.92 Å². The molecule has 3 aliphatic heterocycles. The lowest BCUT2D eigenvalue weighted by Gasteiger charge is -2.48. The van der Waals surface area contributed by atoms with Crippen molar-refractivity contribution >= 4 is 5.78 Å². The number of Topliss-reactive ketones (excluding diaryl/α,β-unsaturated/α-hetero) is 1. The molecule has 63 heavy (non-hydrogen) atoms. The van der Waals surface area contributed by atoms with Gasteiger partial charge in [0.05, 0.1) is 42.0 Å². The van der Waals surface area contributed by atoms with Gasteiger partial charge in [0.1, 0.15) is 60.7 Å². The molecule has 0 bridgehead atoms. The maximum absolute atomic E-state index is 14.1. The second-order valence-corrected chi connectivity index (χ2v) is 19.4. The van der Waals surface area contributed by atoms with E-state index in [2.05, 4.69) is 0 Å². The fourth-order valence-corrected chi connectivity index (χ4v) is 9.88. The lowest BCUT2D eigenvalue weighted by molar-refractivity contribution is -0.373. The van der Waals surface area contributed by atoms with Crippen LogP contribution < -0.4 is 0 Å². The van der Waals surface area contributed by atoms with E-state index >= 15 is 0 Å². The van der Waals surface area contributed by atoms with Crippen LogP contribution in [0.25, 0.3) is 0 Å². The molecule has 16 nitrogen and oxygen atoms in total. The van der Waals surface area contributed by atoms with Gasteiger partial charge in [0.2, 0.25) is 0 Å². The Kier molecular flexibility index (Phi) is 18.0. The highest BCUT2D eigenvalue weighted by Crippen LogP contribution is 2.52. The number of aliphatic hydroxyl groups excluding tert-OH is 8. The maximum Gasteiger partial charge on any atom is 0.187 e. The van der Waals surface area contributed by atoms with Crippen molar-refractivity contribution in [1.82, 2.24) is 0 Å². The molecule has 2 aliphatic carbocycles. The molecule has 5 fully saturated rings. The van der Waals surface area contributed by atoms with E-state index in [1.807, 2.05) is 59.8 Å². The van der Waals surface area contributed by atoms with Crippen LogP contribution in [0.15, 0.2) is 46.6 Å². The lowest BCUT2D eigenvalue weighted by Crippen LogP contribution is -2.65. The van der Waals surface area contributed by atoms with Crippen LogP contribution in [0.2, 0.25) is 0 Å². The van der Waals surface area contributed by atoms with Crippen molar-refractivity contribution in [2.75, 3.05) is 0 Å². The summed E-state index contributed by atoms with van der Waals surface area (Å²) in [7, 11) is 0. The Morgan fingerprint density at radius 2 is 1.17 bits per heavy atom. The second kappa shape index (κ2) is 21.8. The van der Waals surface area contributed by atoms with E-state index in [4.69, 9.17) is 28.4 Å². The molecular weight excluding hydrogens is 821 g/mol. The van der Waals surface area contributed by atoms with Crippen LogP contribution in [0.1, 0.15) is 108 Å². The zero-order valence-electron chi connectivity index (χ0n) is 38.6. The zero-order chi connectivity index (χ0) is 46.8. The minimum atomic E-state index is -1.74. The van der Waals surface area contributed by atoms with Crippen LogP contribution in [-0.2, 0) is 33.2 Å². The Bertz CT molecular complexity index is 1660. The van der Waals surface area contributed by atoms with Gasteiger partial charge in [-0.1, -0.05) is 48.8 Å². The van der Waals surface area contributed by atoms with Gasteiger partial charge in [-0.25, -0.2) is 0 Å². The van der Waals surface area contributed by atoms with Crippen LogP contribution >= 0.6 is 0 Å². The van der Waals surface area contributed by atoms with Crippen LogP contribution in [-0.4, -0.2) is 162 Å². The van der Waals surface area contributed by atoms with Gasteiger partial charge in [0.15, 0.2) is 18.9 Å².